The quantitative estimate of drug-likeness (QED) is 0.493. The topological polar surface area (TPSA) is 120 Å². The van der Waals surface area contributed by atoms with Crippen LogP contribution in [0.5, 0.6) is 23.1 Å². The van der Waals surface area contributed by atoms with Crippen LogP contribution < -0.4 is 18.9 Å². The van der Waals surface area contributed by atoms with Gasteiger partial charge in [-0.25, -0.2) is 13.4 Å². The minimum absolute atomic E-state index is 0.0365. The second kappa shape index (κ2) is 9.82. The Hall–Kier alpha value is -3.08. The van der Waals surface area contributed by atoms with Gasteiger partial charge in [0.1, 0.15) is 23.9 Å². The number of methoxy groups -OCH3 is 1. The summed E-state index contributed by atoms with van der Waals surface area (Å²) in [6, 6.07) is 12.5. The van der Waals surface area contributed by atoms with Crippen molar-refractivity contribution in [1.82, 2.24) is 9.97 Å². The van der Waals surface area contributed by atoms with Crippen molar-refractivity contribution in [3.8, 4) is 23.1 Å². The van der Waals surface area contributed by atoms with E-state index < -0.39 is 10.0 Å². The van der Waals surface area contributed by atoms with Crippen molar-refractivity contribution < 1.29 is 27.7 Å². The number of sulfonamides is 1. The Morgan fingerprint density at radius 3 is 2.55 bits per heavy atom. The van der Waals surface area contributed by atoms with Crippen LogP contribution in [0.2, 0.25) is 5.02 Å². The lowest BCUT2D eigenvalue weighted by molar-refractivity contribution is 0.192. The van der Waals surface area contributed by atoms with Crippen LogP contribution >= 0.6 is 11.6 Å². The molecular weight excluding hydrogens is 446 g/mol. The second-order valence-corrected chi connectivity index (χ2v) is 8.23. The number of ether oxygens (including phenoxy) is 3. The average Bonchev–Trinajstić information content (AvgIpc) is 2.76. The Labute approximate surface area is 184 Å². The molecule has 11 heteroatoms. The van der Waals surface area contributed by atoms with Gasteiger partial charge >= 0.3 is 0 Å². The average molecular weight is 466 g/mol. The predicted octanol–water partition coefficient (Wildman–Crippen LogP) is 3.41. The number of nitrogens with one attached hydrogen (secondary N) is 1. The summed E-state index contributed by atoms with van der Waals surface area (Å²) < 4.78 is 44.6. The fraction of sp³-hybridized carbons (Fsp3) is 0.200. The number of hydrogen-bond donors (Lipinski definition) is 2. The summed E-state index contributed by atoms with van der Waals surface area (Å²) in [7, 11) is -2.50. The van der Waals surface area contributed by atoms with Gasteiger partial charge in [0.25, 0.3) is 15.9 Å². The Bertz CT molecular complexity index is 1160. The van der Waals surface area contributed by atoms with Gasteiger partial charge in [-0.15, -0.1) is 0 Å². The first kappa shape index (κ1) is 22.6. The highest BCUT2D eigenvalue weighted by atomic mass is 35.5. The fourth-order valence-corrected chi connectivity index (χ4v) is 3.70. The van der Waals surface area contributed by atoms with Crippen molar-refractivity contribution in [3.05, 3.63) is 59.4 Å². The normalized spacial score (nSPS) is 11.1. The number of aliphatic hydroxyl groups is 1. The summed E-state index contributed by atoms with van der Waals surface area (Å²) in [6.07, 6.45) is 0. The third-order valence-electron chi connectivity index (χ3n) is 3.91. The zero-order chi connectivity index (χ0) is 22.4. The molecule has 0 saturated heterocycles. The molecule has 0 saturated carbocycles. The molecule has 3 rings (SSSR count). The molecule has 0 bridgehead atoms. The Kier molecular flexibility index (Phi) is 7.16. The minimum atomic E-state index is -3.99. The number of anilines is 1. The van der Waals surface area contributed by atoms with Crippen molar-refractivity contribution >= 4 is 27.4 Å². The molecule has 2 aromatic carbocycles. The first-order valence-electron chi connectivity index (χ1n) is 9.05. The smallest absolute Gasteiger partial charge is 0.263 e. The van der Waals surface area contributed by atoms with Gasteiger partial charge in [0.2, 0.25) is 5.75 Å². The van der Waals surface area contributed by atoms with E-state index in [9.17, 15) is 8.42 Å². The number of aliphatic hydroxyl groups excluding tert-OH is 1. The summed E-state index contributed by atoms with van der Waals surface area (Å²) in [5.74, 6) is 0.532. The molecule has 0 atom stereocenters. The molecule has 1 heterocycles. The lowest BCUT2D eigenvalue weighted by atomic mass is 10.3. The number of aromatic nitrogens is 2. The molecule has 31 heavy (non-hydrogen) atoms. The number of rotatable bonds is 9. The molecule has 3 aromatic rings. The van der Waals surface area contributed by atoms with Crippen LogP contribution in [-0.4, -0.2) is 43.8 Å². The van der Waals surface area contributed by atoms with E-state index in [1.807, 2.05) is 0 Å². The molecule has 0 spiro atoms. The Balaban J connectivity index is 2.09. The minimum Gasteiger partial charge on any atom is -0.497 e. The third-order valence-corrected chi connectivity index (χ3v) is 5.58. The van der Waals surface area contributed by atoms with Crippen LogP contribution in [0.1, 0.15) is 5.82 Å². The van der Waals surface area contributed by atoms with Crippen molar-refractivity contribution in [2.75, 3.05) is 25.0 Å². The highest BCUT2D eigenvalue weighted by Crippen LogP contribution is 2.40. The summed E-state index contributed by atoms with van der Waals surface area (Å²) in [5, 5.41) is 9.38. The molecule has 2 N–H and O–H groups in total. The highest BCUT2D eigenvalue weighted by Gasteiger charge is 2.24. The molecule has 164 valence electrons. The van der Waals surface area contributed by atoms with Gasteiger partial charge in [-0.05, 0) is 31.2 Å². The van der Waals surface area contributed by atoms with E-state index in [-0.39, 0.29) is 52.2 Å². The third kappa shape index (κ3) is 5.54. The summed E-state index contributed by atoms with van der Waals surface area (Å²) in [4.78, 5) is 8.38. The van der Waals surface area contributed by atoms with Crippen LogP contribution in [-0.2, 0) is 10.0 Å². The molecule has 0 aliphatic rings. The van der Waals surface area contributed by atoms with Gasteiger partial charge < -0.3 is 19.3 Å². The summed E-state index contributed by atoms with van der Waals surface area (Å²) in [5.41, 5.74) is 0. The number of halogens is 1. The van der Waals surface area contributed by atoms with Crippen molar-refractivity contribution in [1.29, 1.82) is 0 Å². The first-order valence-corrected chi connectivity index (χ1v) is 10.9. The van der Waals surface area contributed by atoms with E-state index in [2.05, 4.69) is 14.7 Å². The number of nitrogens with zero attached hydrogens (tertiary/aromatic N) is 2. The molecule has 0 radical (unpaired) electrons. The molecule has 0 aliphatic carbocycles. The van der Waals surface area contributed by atoms with Crippen LogP contribution in [0.3, 0.4) is 0 Å². The monoisotopic (exact) mass is 465 g/mol. The Morgan fingerprint density at radius 2 is 1.87 bits per heavy atom. The predicted molar refractivity (Wildman–Crippen MR) is 115 cm³/mol. The van der Waals surface area contributed by atoms with Crippen molar-refractivity contribution in [2.45, 2.75) is 11.8 Å². The molecule has 0 fully saturated rings. The molecule has 1 aromatic heterocycles. The lowest BCUT2D eigenvalue weighted by Crippen LogP contribution is -2.16. The SMILES string of the molecule is COc1ccc(Cl)c(Oc2c(NS(=O)(=O)c3ccccc3)nc(C)nc2OCCO)c1. The number of benzene rings is 2. The van der Waals surface area contributed by atoms with Crippen molar-refractivity contribution in [2.24, 2.45) is 0 Å². The summed E-state index contributed by atoms with van der Waals surface area (Å²) >= 11 is 6.23. The molecule has 0 unspecified atom stereocenters. The van der Waals surface area contributed by atoms with E-state index in [0.717, 1.165) is 0 Å². The molecular formula is C20H20ClN3O6S. The second-order valence-electron chi connectivity index (χ2n) is 6.14. The molecule has 0 amide bonds. The van der Waals surface area contributed by atoms with E-state index >= 15 is 0 Å². The van der Waals surface area contributed by atoms with Gasteiger partial charge in [-0.2, -0.15) is 4.98 Å². The van der Waals surface area contributed by atoms with Gasteiger partial charge in [0, 0.05) is 6.07 Å². The van der Waals surface area contributed by atoms with E-state index in [1.54, 1.807) is 37.3 Å². The van der Waals surface area contributed by atoms with Gasteiger partial charge in [0.15, 0.2) is 5.82 Å². The summed E-state index contributed by atoms with van der Waals surface area (Å²) in [6.45, 7) is 1.19. The Morgan fingerprint density at radius 1 is 1.13 bits per heavy atom. The van der Waals surface area contributed by atoms with Crippen LogP contribution in [0.25, 0.3) is 0 Å². The van der Waals surface area contributed by atoms with Gasteiger partial charge in [-0.1, -0.05) is 29.8 Å². The van der Waals surface area contributed by atoms with Crippen molar-refractivity contribution in [3.63, 3.8) is 0 Å². The molecule has 0 aliphatic heterocycles. The zero-order valence-corrected chi connectivity index (χ0v) is 18.3. The largest absolute Gasteiger partial charge is 0.497 e. The van der Waals surface area contributed by atoms with E-state index in [0.29, 0.717) is 5.75 Å². The first-order chi connectivity index (χ1) is 14.8. The number of aryl methyl sites for hydroxylation is 1. The maximum Gasteiger partial charge on any atom is 0.263 e. The maximum atomic E-state index is 12.9. The fourth-order valence-electron chi connectivity index (χ4n) is 2.52. The van der Waals surface area contributed by atoms with Crippen LogP contribution in [0.4, 0.5) is 5.82 Å². The number of hydrogen-bond acceptors (Lipinski definition) is 8. The maximum absolute atomic E-state index is 12.9. The lowest BCUT2D eigenvalue weighted by Gasteiger charge is -2.17. The van der Waals surface area contributed by atoms with Crippen LogP contribution in [0.15, 0.2) is 53.4 Å². The molecule has 9 nitrogen and oxygen atoms in total. The highest BCUT2D eigenvalue weighted by molar-refractivity contribution is 7.92. The van der Waals surface area contributed by atoms with E-state index in [1.165, 1.54) is 25.3 Å². The van der Waals surface area contributed by atoms with Gasteiger partial charge in [-0.3, -0.25) is 4.72 Å². The zero-order valence-electron chi connectivity index (χ0n) is 16.7. The van der Waals surface area contributed by atoms with E-state index in [4.69, 9.17) is 30.9 Å². The standard InChI is InChI=1S/C20H20ClN3O6S/c1-13-22-19(24-31(26,27)15-6-4-3-5-7-15)18(20(23-13)29-11-10-25)30-17-12-14(28-2)8-9-16(17)21/h3-9,12,25H,10-11H2,1-2H3,(H,22,23,24). The van der Waals surface area contributed by atoms with Gasteiger partial charge in [0.05, 0.1) is 23.6 Å². The van der Waals surface area contributed by atoms with Crippen LogP contribution in [0, 0.1) is 6.92 Å².